The van der Waals surface area contributed by atoms with E-state index in [9.17, 15) is 0 Å². The molecular formula is C12H13NO. The van der Waals surface area contributed by atoms with Crippen molar-refractivity contribution in [3.8, 4) is 0 Å². The van der Waals surface area contributed by atoms with Crippen molar-refractivity contribution in [1.29, 1.82) is 0 Å². The molecule has 0 aliphatic carbocycles. The second-order valence-electron chi connectivity index (χ2n) is 3.12. The van der Waals surface area contributed by atoms with E-state index in [1.165, 1.54) is 10.9 Å². The van der Waals surface area contributed by atoms with Crippen LogP contribution >= 0.6 is 0 Å². The molecule has 0 atom stereocenters. The van der Waals surface area contributed by atoms with Gasteiger partial charge in [-0.25, -0.2) is 0 Å². The molecule has 1 aromatic carbocycles. The SMILES string of the molecule is CCOCc1ccnc2ccccc12. The molecule has 1 heterocycles. The highest BCUT2D eigenvalue weighted by Gasteiger charge is 1.99. The molecule has 0 fully saturated rings. The van der Waals surface area contributed by atoms with Crippen LogP contribution in [0, 0.1) is 0 Å². The maximum absolute atomic E-state index is 5.40. The highest BCUT2D eigenvalue weighted by Crippen LogP contribution is 2.16. The lowest BCUT2D eigenvalue weighted by Gasteiger charge is -2.05. The maximum Gasteiger partial charge on any atom is 0.0723 e. The van der Waals surface area contributed by atoms with Gasteiger partial charge >= 0.3 is 0 Å². The minimum Gasteiger partial charge on any atom is -0.377 e. The number of nitrogens with zero attached hydrogens (tertiary/aromatic N) is 1. The first kappa shape index (κ1) is 9.16. The summed E-state index contributed by atoms with van der Waals surface area (Å²) in [6, 6.07) is 10.1. The van der Waals surface area contributed by atoms with Crippen LogP contribution in [0.2, 0.25) is 0 Å². The number of benzene rings is 1. The third-order valence-electron chi connectivity index (χ3n) is 2.20. The van der Waals surface area contributed by atoms with Gasteiger partial charge in [-0.15, -0.1) is 0 Å². The van der Waals surface area contributed by atoms with Gasteiger partial charge in [0.25, 0.3) is 0 Å². The monoisotopic (exact) mass is 187 g/mol. The minimum atomic E-state index is 0.666. The van der Waals surface area contributed by atoms with Crippen LogP contribution in [0.15, 0.2) is 36.5 Å². The fourth-order valence-corrected chi connectivity index (χ4v) is 1.49. The Kier molecular flexibility index (Phi) is 2.75. The molecule has 14 heavy (non-hydrogen) atoms. The molecule has 0 spiro atoms. The Hall–Kier alpha value is -1.41. The highest BCUT2D eigenvalue weighted by molar-refractivity contribution is 5.81. The first-order chi connectivity index (χ1) is 6.92. The van der Waals surface area contributed by atoms with Crippen molar-refractivity contribution in [2.24, 2.45) is 0 Å². The fourth-order valence-electron chi connectivity index (χ4n) is 1.49. The van der Waals surface area contributed by atoms with Crippen LogP contribution in [0.25, 0.3) is 10.9 Å². The summed E-state index contributed by atoms with van der Waals surface area (Å²) >= 11 is 0. The third-order valence-corrected chi connectivity index (χ3v) is 2.20. The zero-order valence-electron chi connectivity index (χ0n) is 8.23. The maximum atomic E-state index is 5.40. The Balaban J connectivity index is 2.43. The summed E-state index contributed by atoms with van der Waals surface area (Å²) in [6.45, 7) is 3.42. The number of aromatic nitrogens is 1. The number of pyridine rings is 1. The largest absolute Gasteiger partial charge is 0.377 e. The first-order valence-corrected chi connectivity index (χ1v) is 4.82. The summed E-state index contributed by atoms with van der Waals surface area (Å²) < 4.78 is 5.40. The van der Waals surface area contributed by atoms with Gasteiger partial charge in [-0.1, -0.05) is 18.2 Å². The Morgan fingerprint density at radius 1 is 1.21 bits per heavy atom. The normalized spacial score (nSPS) is 10.6. The van der Waals surface area contributed by atoms with Gasteiger partial charge in [0.2, 0.25) is 0 Å². The van der Waals surface area contributed by atoms with Crippen molar-refractivity contribution in [2.75, 3.05) is 6.61 Å². The predicted octanol–water partition coefficient (Wildman–Crippen LogP) is 2.77. The molecule has 0 saturated heterocycles. The molecule has 2 nitrogen and oxygen atoms in total. The van der Waals surface area contributed by atoms with Gasteiger partial charge < -0.3 is 4.74 Å². The Labute approximate surface area is 83.5 Å². The van der Waals surface area contributed by atoms with Crippen LogP contribution in [0.4, 0.5) is 0 Å². The standard InChI is InChI=1S/C12H13NO/c1-2-14-9-10-7-8-13-12-6-4-3-5-11(10)12/h3-8H,2,9H2,1H3. The third kappa shape index (κ3) is 1.75. The van der Waals surface area contributed by atoms with E-state index in [1.54, 1.807) is 0 Å². The van der Waals surface area contributed by atoms with Gasteiger partial charge in [-0.2, -0.15) is 0 Å². The molecule has 0 N–H and O–H groups in total. The van der Waals surface area contributed by atoms with Crippen LogP contribution in [-0.2, 0) is 11.3 Å². The Morgan fingerprint density at radius 3 is 2.93 bits per heavy atom. The number of para-hydroxylation sites is 1. The zero-order chi connectivity index (χ0) is 9.80. The van der Waals surface area contributed by atoms with E-state index in [1.807, 2.05) is 37.4 Å². The number of hydrogen-bond donors (Lipinski definition) is 0. The topological polar surface area (TPSA) is 22.1 Å². The average Bonchev–Trinajstić information content (AvgIpc) is 2.26. The van der Waals surface area contributed by atoms with Crippen molar-refractivity contribution < 1.29 is 4.74 Å². The molecule has 0 bridgehead atoms. The zero-order valence-corrected chi connectivity index (χ0v) is 8.23. The number of fused-ring (bicyclic) bond motifs is 1. The quantitative estimate of drug-likeness (QED) is 0.737. The van der Waals surface area contributed by atoms with Crippen molar-refractivity contribution in [3.05, 3.63) is 42.1 Å². The lowest BCUT2D eigenvalue weighted by molar-refractivity contribution is 0.135. The van der Waals surface area contributed by atoms with E-state index in [-0.39, 0.29) is 0 Å². The summed E-state index contributed by atoms with van der Waals surface area (Å²) in [7, 11) is 0. The van der Waals surface area contributed by atoms with Gasteiger partial charge in [0.1, 0.15) is 0 Å². The van der Waals surface area contributed by atoms with Gasteiger partial charge in [-0.05, 0) is 24.6 Å². The summed E-state index contributed by atoms with van der Waals surface area (Å²) in [6.07, 6.45) is 1.83. The molecule has 0 radical (unpaired) electrons. The predicted molar refractivity (Wildman–Crippen MR) is 57.1 cm³/mol. The van der Waals surface area contributed by atoms with Crippen molar-refractivity contribution >= 4 is 10.9 Å². The van der Waals surface area contributed by atoms with E-state index < -0.39 is 0 Å². The van der Waals surface area contributed by atoms with Crippen LogP contribution in [-0.4, -0.2) is 11.6 Å². The van der Waals surface area contributed by atoms with Gasteiger partial charge in [0.15, 0.2) is 0 Å². The number of ether oxygens (including phenoxy) is 1. The summed E-state index contributed by atoms with van der Waals surface area (Å²) in [5.74, 6) is 0. The number of rotatable bonds is 3. The molecule has 0 aliphatic heterocycles. The Morgan fingerprint density at radius 2 is 2.07 bits per heavy atom. The van der Waals surface area contributed by atoms with E-state index in [0.717, 1.165) is 12.1 Å². The molecular weight excluding hydrogens is 174 g/mol. The molecule has 72 valence electrons. The van der Waals surface area contributed by atoms with Crippen molar-refractivity contribution in [3.63, 3.8) is 0 Å². The molecule has 0 unspecified atom stereocenters. The molecule has 1 aromatic heterocycles. The van der Waals surface area contributed by atoms with Gasteiger partial charge in [0, 0.05) is 18.2 Å². The molecule has 0 saturated carbocycles. The van der Waals surface area contributed by atoms with E-state index >= 15 is 0 Å². The van der Waals surface area contributed by atoms with Crippen molar-refractivity contribution in [1.82, 2.24) is 4.98 Å². The number of hydrogen-bond acceptors (Lipinski definition) is 2. The van der Waals surface area contributed by atoms with Crippen LogP contribution < -0.4 is 0 Å². The van der Waals surface area contributed by atoms with Crippen LogP contribution in [0.3, 0.4) is 0 Å². The summed E-state index contributed by atoms with van der Waals surface area (Å²) in [5, 5.41) is 1.18. The van der Waals surface area contributed by atoms with Crippen molar-refractivity contribution in [2.45, 2.75) is 13.5 Å². The van der Waals surface area contributed by atoms with E-state index in [0.29, 0.717) is 6.61 Å². The first-order valence-electron chi connectivity index (χ1n) is 4.82. The van der Waals surface area contributed by atoms with Gasteiger partial charge in [-0.3, -0.25) is 4.98 Å². The second-order valence-corrected chi connectivity index (χ2v) is 3.12. The fraction of sp³-hybridized carbons (Fsp3) is 0.250. The lowest BCUT2D eigenvalue weighted by atomic mass is 10.1. The van der Waals surface area contributed by atoms with Gasteiger partial charge in [0.05, 0.1) is 12.1 Å². The summed E-state index contributed by atoms with van der Waals surface area (Å²) in [4.78, 5) is 4.29. The Bertz CT molecular complexity index is 420. The van der Waals surface area contributed by atoms with Crippen LogP contribution in [0.1, 0.15) is 12.5 Å². The second kappa shape index (κ2) is 4.20. The molecule has 0 aliphatic rings. The highest BCUT2D eigenvalue weighted by atomic mass is 16.5. The van der Waals surface area contributed by atoms with E-state index in [2.05, 4.69) is 11.1 Å². The minimum absolute atomic E-state index is 0.666. The average molecular weight is 187 g/mol. The summed E-state index contributed by atoms with van der Waals surface area (Å²) in [5.41, 5.74) is 2.24. The van der Waals surface area contributed by atoms with E-state index in [4.69, 9.17) is 4.74 Å². The molecule has 2 heteroatoms. The lowest BCUT2D eigenvalue weighted by Crippen LogP contribution is -1.93. The van der Waals surface area contributed by atoms with Crippen LogP contribution in [0.5, 0.6) is 0 Å². The molecule has 2 rings (SSSR count). The molecule has 2 aromatic rings. The smallest absolute Gasteiger partial charge is 0.0723 e. The molecule has 0 amide bonds.